The molecule has 0 aliphatic rings. The van der Waals surface area contributed by atoms with Gasteiger partial charge in [0.2, 0.25) is 0 Å². The van der Waals surface area contributed by atoms with Gasteiger partial charge in [0.1, 0.15) is 0 Å². The Hall–Kier alpha value is -1.38. The van der Waals surface area contributed by atoms with Crippen molar-refractivity contribution < 1.29 is 4.92 Å². The minimum atomic E-state index is -0.430. The fourth-order valence-electron chi connectivity index (χ4n) is 1.05. The number of nitrogens with zero attached hydrogens (tertiary/aromatic N) is 2. The van der Waals surface area contributed by atoms with Crippen LogP contribution in [0.2, 0.25) is 0 Å². The average Bonchev–Trinajstić information content (AvgIpc) is 2.26. The second-order valence-corrected chi connectivity index (χ2v) is 2.89. The first-order valence-electron chi connectivity index (χ1n) is 4.33. The maximum absolute atomic E-state index is 10.5. The van der Waals surface area contributed by atoms with Crippen molar-refractivity contribution in [3.05, 3.63) is 39.9 Å². The van der Waals surface area contributed by atoms with Gasteiger partial charge in [-0.2, -0.15) is 0 Å². The van der Waals surface area contributed by atoms with Gasteiger partial charge in [-0.1, -0.05) is 12.1 Å². The molecule has 0 amide bonds. The number of nitrogens with one attached hydrogen (secondary N) is 1. The van der Waals surface area contributed by atoms with E-state index >= 15 is 0 Å². The van der Waals surface area contributed by atoms with Crippen LogP contribution in [-0.2, 0) is 6.54 Å². The van der Waals surface area contributed by atoms with E-state index in [0.29, 0.717) is 12.5 Å². The molecule has 0 aromatic heterocycles. The molecule has 0 unspecified atom stereocenters. The number of hydrogen-bond donors (Lipinski definition) is 2. The highest BCUT2D eigenvalue weighted by Gasteiger charge is 2.04. The van der Waals surface area contributed by atoms with E-state index in [-0.39, 0.29) is 29.7 Å². The Bertz CT molecular complexity index is 395. The first kappa shape index (κ1) is 14.6. The first-order chi connectivity index (χ1) is 7.13. The zero-order chi connectivity index (χ0) is 11.3. The summed E-state index contributed by atoms with van der Waals surface area (Å²) in [7, 11) is 1.57. The number of rotatable bonds is 3. The number of non-ortho nitro benzene ring substituents is 1. The number of guanidine groups is 1. The third kappa shape index (κ3) is 4.43. The standard InChI is InChI=1S/C9H12N4O2.HI/c1-11-9(10)12-6-7-3-2-4-8(5-7)13(14)15;/h2-5H,6H2,1H3,(H3,10,11,12);1H. The fraction of sp³-hybridized carbons (Fsp3) is 0.222. The summed E-state index contributed by atoms with van der Waals surface area (Å²) >= 11 is 0. The van der Waals surface area contributed by atoms with E-state index in [1.54, 1.807) is 19.2 Å². The summed E-state index contributed by atoms with van der Waals surface area (Å²) in [6.07, 6.45) is 0. The van der Waals surface area contributed by atoms with Crippen molar-refractivity contribution >= 4 is 35.6 Å². The highest BCUT2D eigenvalue weighted by molar-refractivity contribution is 14.0. The van der Waals surface area contributed by atoms with E-state index < -0.39 is 4.92 Å². The minimum absolute atomic E-state index is 0. The van der Waals surface area contributed by atoms with Gasteiger partial charge in [0.25, 0.3) is 5.69 Å². The largest absolute Gasteiger partial charge is 0.370 e. The summed E-state index contributed by atoms with van der Waals surface area (Å²) < 4.78 is 0. The van der Waals surface area contributed by atoms with Gasteiger partial charge in [-0.3, -0.25) is 15.1 Å². The van der Waals surface area contributed by atoms with Crippen LogP contribution in [0.3, 0.4) is 0 Å². The van der Waals surface area contributed by atoms with Crippen LogP contribution in [0, 0.1) is 10.1 Å². The summed E-state index contributed by atoms with van der Waals surface area (Å²) in [5, 5.41) is 13.3. The molecule has 0 fully saturated rings. The van der Waals surface area contributed by atoms with E-state index in [1.807, 2.05) is 0 Å². The predicted octanol–water partition coefficient (Wildman–Crippen LogP) is 1.25. The smallest absolute Gasteiger partial charge is 0.269 e. The third-order valence-corrected chi connectivity index (χ3v) is 1.84. The molecule has 0 atom stereocenters. The molecule has 0 saturated carbocycles. The number of nitrogens with two attached hydrogens (primary N) is 1. The van der Waals surface area contributed by atoms with Gasteiger partial charge in [-0.05, 0) is 5.56 Å². The van der Waals surface area contributed by atoms with Gasteiger partial charge < -0.3 is 11.1 Å². The van der Waals surface area contributed by atoms with E-state index in [9.17, 15) is 10.1 Å². The van der Waals surface area contributed by atoms with Crippen molar-refractivity contribution in [2.24, 2.45) is 10.7 Å². The van der Waals surface area contributed by atoms with Crippen LogP contribution in [0.25, 0.3) is 0 Å². The van der Waals surface area contributed by atoms with Gasteiger partial charge in [0.15, 0.2) is 5.96 Å². The summed E-state index contributed by atoms with van der Waals surface area (Å²) in [4.78, 5) is 13.8. The van der Waals surface area contributed by atoms with E-state index in [4.69, 9.17) is 5.73 Å². The number of benzene rings is 1. The molecule has 0 spiro atoms. The monoisotopic (exact) mass is 336 g/mol. The van der Waals surface area contributed by atoms with Gasteiger partial charge in [-0.15, -0.1) is 24.0 Å². The maximum atomic E-state index is 10.5. The normalized spacial score (nSPS) is 10.4. The number of aliphatic imine (C=N–C) groups is 1. The van der Waals surface area contributed by atoms with Gasteiger partial charge in [-0.25, -0.2) is 0 Å². The molecule has 6 nitrogen and oxygen atoms in total. The molecule has 1 aromatic carbocycles. The molecule has 1 rings (SSSR count). The lowest BCUT2D eigenvalue weighted by Crippen LogP contribution is -2.30. The number of nitro groups is 1. The van der Waals surface area contributed by atoms with E-state index in [0.717, 1.165) is 5.56 Å². The highest BCUT2D eigenvalue weighted by atomic mass is 127. The summed E-state index contributed by atoms with van der Waals surface area (Å²) in [6.45, 7) is 0.421. The molecule has 3 N–H and O–H groups in total. The lowest BCUT2D eigenvalue weighted by Gasteiger charge is -2.04. The molecule has 0 aliphatic carbocycles. The highest BCUT2D eigenvalue weighted by Crippen LogP contribution is 2.12. The van der Waals surface area contributed by atoms with Crippen molar-refractivity contribution in [3.8, 4) is 0 Å². The molecule has 0 saturated heterocycles. The van der Waals surface area contributed by atoms with Crippen molar-refractivity contribution in [2.75, 3.05) is 7.05 Å². The van der Waals surface area contributed by atoms with Crippen molar-refractivity contribution in [3.63, 3.8) is 0 Å². The van der Waals surface area contributed by atoms with Crippen LogP contribution in [-0.4, -0.2) is 17.9 Å². The molecule has 0 aliphatic heterocycles. The molecule has 0 heterocycles. The van der Waals surface area contributed by atoms with Crippen molar-refractivity contribution in [1.82, 2.24) is 5.32 Å². The summed E-state index contributed by atoms with van der Waals surface area (Å²) in [5.74, 6) is 0.307. The lowest BCUT2D eigenvalue weighted by molar-refractivity contribution is -0.384. The number of hydrogen-bond acceptors (Lipinski definition) is 3. The topological polar surface area (TPSA) is 93.5 Å². The van der Waals surface area contributed by atoms with Crippen molar-refractivity contribution in [2.45, 2.75) is 6.54 Å². The van der Waals surface area contributed by atoms with Crippen LogP contribution in [0.15, 0.2) is 29.3 Å². The van der Waals surface area contributed by atoms with Crippen LogP contribution in [0.1, 0.15) is 5.56 Å². The SMILES string of the molecule is CN=C(N)NCc1cccc([N+](=O)[O-])c1.I. The van der Waals surface area contributed by atoms with Gasteiger partial charge in [0, 0.05) is 25.7 Å². The Morgan fingerprint density at radius 3 is 2.88 bits per heavy atom. The van der Waals surface area contributed by atoms with Crippen LogP contribution < -0.4 is 11.1 Å². The second-order valence-electron chi connectivity index (χ2n) is 2.89. The zero-order valence-electron chi connectivity index (χ0n) is 8.71. The molecule has 0 radical (unpaired) electrons. The average molecular weight is 336 g/mol. The van der Waals surface area contributed by atoms with Gasteiger partial charge >= 0.3 is 0 Å². The van der Waals surface area contributed by atoms with Crippen LogP contribution in [0.4, 0.5) is 5.69 Å². The molecule has 7 heteroatoms. The molecular weight excluding hydrogens is 323 g/mol. The van der Waals surface area contributed by atoms with E-state index in [1.165, 1.54) is 12.1 Å². The maximum Gasteiger partial charge on any atom is 0.269 e. The Balaban J connectivity index is 0.00000225. The minimum Gasteiger partial charge on any atom is -0.370 e. The Morgan fingerprint density at radius 2 is 2.31 bits per heavy atom. The fourth-order valence-corrected chi connectivity index (χ4v) is 1.05. The molecule has 0 bridgehead atoms. The zero-order valence-corrected chi connectivity index (χ0v) is 11.0. The Morgan fingerprint density at radius 1 is 1.62 bits per heavy atom. The summed E-state index contributed by atoms with van der Waals surface area (Å²) in [6, 6.07) is 6.36. The lowest BCUT2D eigenvalue weighted by atomic mass is 10.2. The molecule has 16 heavy (non-hydrogen) atoms. The quantitative estimate of drug-likeness (QED) is 0.286. The van der Waals surface area contributed by atoms with Crippen LogP contribution in [0.5, 0.6) is 0 Å². The van der Waals surface area contributed by atoms with Gasteiger partial charge in [0.05, 0.1) is 4.92 Å². The molecule has 1 aromatic rings. The second kappa shape index (κ2) is 6.99. The number of nitro benzene ring substituents is 1. The molecular formula is C9H13IN4O2. The third-order valence-electron chi connectivity index (χ3n) is 1.84. The summed E-state index contributed by atoms with van der Waals surface area (Å²) in [5.41, 5.74) is 6.28. The van der Waals surface area contributed by atoms with Crippen LogP contribution >= 0.6 is 24.0 Å². The van der Waals surface area contributed by atoms with E-state index in [2.05, 4.69) is 10.3 Å². The first-order valence-corrected chi connectivity index (χ1v) is 4.33. The predicted molar refractivity (Wildman–Crippen MR) is 72.9 cm³/mol. The Labute approximate surface area is 110 Å². The Kier molecular flexibility index (Phi) is 6.38. The van der Waals surface area contributed by atoms with Crippen molar-refractivity contribution in [1.29, 1.82) is 0 Å². The molecule has 88 valence electrons. The number of halogens is 1.